The normalized spacial score (nSPS) is 20.3. The first-order valence-electron chi connectivity index (χ1n) is 7.91. The average Bonchev–Trinajstić information content (AvgIpc) is 3.18. The van der Waals surface area contributed by atoms with E-state index in [4.69, 9.17) is 28.9 Å². The van der Waals surface area contributed by atoms with Crippen molar-refractivity contribution in [1.82, 2.24) is 4.98 Å². The van der Waals surface area contributed by atoms with Crippen LogP contribution < -0.4 is 10.6 Å². The van der Waals surface area contributed by atoms with Crippen LogP contribution >= 0.6 is 34.5 Å². The summed E-state index contributed by atoms with van der Waals surface area (Å²) in [6, 6.07) is 3.53. The Hall–Kier alpha value is -1.72. The highest BCUT2D eigenvalue weighted by atomic mass is 35.5. The maximum absolute atomic E-state index is 14.1. The number of aromatic nitrogens is 1. The van der Waals surface area contributed by atoms with Crippen molar-refractivity contribution in [3.8, 4) is 0 Å². The topological polar surface area (TPSA) is 59.2 Å². The van der Waals surface area contributed by atoms with Gasteiger partial charge < -0.3 is 10.6 Å². The third-order valence-corrected chi connectivity index (χ3v) is 6.17. The molecule has 3 rings (SSSR count). The van der Waals surface area contributed by atoms with Crippen LogP contribution in [0.15, 0.2) is 18.2 Å². The zero-order valence-electron chi connectivity index (χ0n) is 14.2. The van der Waals surface area contributed by atoms with Crippen LogP contribution in [0.25, 0.3) is 0 Å². The Labute approximate surface area is 174 Å². The van der Waals surface area contributed by atoms with Gasteiger partial charge in [0.25, 0.3) is 5.91 Å². The number of nitrogens with zero attached hydrogens (tertiary/aromatic N) is 2. The molecule has 0 radical (unpaired) electrons. The van der Waals surface area contributed by atoms with E-state index in [2.05, 4.69) is 4.98 Å². The molecule has 0 spiro atoms. The molecule has 29 heavy (non-hydrogen) atoms. The third-order valence-electron chi connectivity index (χ3n) is 4.61. The Morgan fingerprint density at radius 2 is 1.72 bits per heavy atom. The Bertz CT molecular complexity index is 941. The van der Waals surface area contributed by atoms with E-state index in [1.165, 1.54) is 6.07 Å². The van der Waals surface area contributed by atoms with Gasteiger partial charge in [0.15, 0.2) is 10.8 Å². The summed E-state index contributed by atoms with van der Waals surface area (Å²) >= 11 is 12.0. The predicted molar refractivity (Wildman–Crippen MR) is 96.7 cm³/mol. The standard InChI is InChI=1S/C16H11Cl2F6N3OS/c17-8-3-7(4-9(18)5-8)14(16(22,23)24)1-2-27(6-14)13-26-11(15(19,20)21)10(29-13)12(25)28/h3-5H,1-2,6H2,(H2,25,28). The van der Waals surface area contributed by atoms with Crippen molar-refractivity contribution in [1.29, 1.82) is 0 Å². The second kappa shape index (κ2) is 7.21. The number of alkyl halides is 6. The maximum Gasteiger partial charge on any atom is 0.435 e. The highest BCUT2D eigenvalue weighted by molar-refractivity contribution is 7.17. The fraction of sp³-hybridized carbons (Fsp3) is 0.375. The third kappa shape index (κ3) is 3.99. The van der Waals surface area contributed by atoms with Crippen LogP contribution in [-0.2, 0) is 11.6 Å². The number of halogens is 8. The summed E-state index contributed by atoms with van der Waals surface area (Å²) in [5.41, 5.74) is 0.841. The molecule has 1 aliphatic rings. The zero-order chi connectivity index (χ0) is 21.8. The number of thiazole rings is 1. The Morgan fingerprint density at radius 1 is 1.14 bits per heavy atom. The minimum absolute atomic E-state index is 0.000744. The van der Waals surface area contributed by atoms with Crippen LogP contribution in [-0.4, -0.2) is 30.2 Å². The van der Waals surface area contributed by atoms with Gasteiger partial charge in [-0.25, -0.2) is 4.98 Å². The summed E-state index contributed by atoms with van der Waals surface area (Å²) < 4.78 is 81.6. The van der Waals surface area contributed by atoms with Gasteiger partial charge in [-0.15, -0.1) is 0 Å². The number of carbonyl (C=O) groups excluding carboxylic acids is 1. The van der Waals surface area contributed by atoms with Gasteiger partial charge in [0.1, 0.15) is 10.3 Å². The van der Waals surface area contributed by atoms with E-state index in [1.807, 2.05) is 0 Å². The van der Waals surface area contributed by atoms with Crippen molar-refractivity contribution in [2.24, 2.45) is 5.73 Å². The van der Waals surface area contributed by atoms with Crippen molar-refractivity contribution in [3.63, 3.8) is 0 Å². The Kier molecular flexibility index (Phi) is 5.46. The lowest BCUT2D eigenvalue weighted by molar-refractivity contribution is -0.184. The summed E-state index contributed by atoms with van der Waals surface area (Å²) in [6.07, 6.45) is -10.2. The van der Waals surface area contributed by atoms with E-state index in [-0.39, 0.29) is 27.3 Å². The number of nitrogens with two attached hydrogens (primary N) is 1. The molecule has 2 aromatic rings. The van der Waals surface area contributed by atoms with Crippen molar-refractivity contribution in [2.45, 2.75) is 24.2 Å². The number of carbonyl (C=O) groups is 1. The minimum Gasteiger partial charge on any atom is -0.365 e. The van der Waals surface area contributed by atoms with Crippen molar-refractivity contribution in [3.05, 3.63) is 44.4 Å². The maximum atomic E-state index is 14.1. The van der Waals surface area contributed by atoms with Crippen molar-refractivity contribution < 1.29 is 31.1 Å². The van der Waals surface area contributed by atoms with Gasteiger partial charge in [0.05, 0.1) is 0 Å². The molecule has 158 valence electrons. The fourth-order valence-electron chi connectivity index (χ4n) is 3.24. The summed E-state index contributed by atoms with van der Waals surface area (Å²) in [4.78, 5) is 14.9. The first-order chi connectivity index (χ1) is 13.2. The molecule has 0 aliphatic carbocycles. The molecular weight excluding hydrogens is 467 g/mol. The van der Waals surface area contributed by atoms with Crippen LogP contribution in [0, 0.1) is 0 Å². The molecule has 1 aromatic carbocycles. The number of benzene rings is 1. The van der Waals surface area contributed by atoms with E-state index in [0.29, 0.717) is 11.3 Å². The molecule has 1 unspecified atom stereocenters. The van der Waals surface area contributed by atoms with Gasteiger partial charge in [0.2, 0.25) is 0 Å². The Morgan fingerprint density at radius 3 is 2.17 bits per heavy atom. The van der Waals surface area contributed by atoms with E-state index in [1.54, 1.807) is 0 Å². The molecule has 1 aromatic heterocycles. The highest BCUT2D eigenvalue weighted by Gasteiger charge is 2.59. The second-order valence-corrected chi connectivity index (χ2v) is 8.30. The largest absolute Gasteiger partial charge is 0.435 e. The molecule has 13 heteroatoms. The molecule has 1 aliphatic heterocycles. The lowest BCUT2D eigenvalue weighted by Gasteiger charge is -2.32. The zero-order valence-corrected chi connectivity index (χ0v) is 16.5. The number of hydrogen-bond donors (Lipinski definition) is 1. The van der Waals surface area contributed by atoms with E-state index >= 15 is 0 Å². The van der Waals surface area contributed by atoms with Gasteiger partial charge in [-0.1, -0.05) is 34.5 Å². The van der Waals surface area contributed by atoms with Crippen molar-refractivity contribution in [2.75, 3.05) is 18.0 Å². The molecule has 1 atom stereocenters. The quantitative estimate of drug-likeness (QED) is 0.612. The highest BCUT2D eigenvalue weighted by Crippen LogP contribution is 2.50. The van der Waals surface area contributed by atoms with Crippen LogP contribution in [0.3, 0.4) is 0 Å². The van der Waals surface area contributed by atoms with E-state index in [9.17, 15) is 31.1 Å². The average molecular weight is 478 g/mol. The molecule has 1 fully saturated rings. The molecule has 2 N–H and O–H groups in total. The van der Waals surface area contributed by atoms with Crippen LogP contribution in [0.1, 0.15) is 27.3 Å². The smallest absolute Gasteiger partial charge is 0.365 e. The lowest BCUT2D eigenvalue weighted by Crippen LogP contribution is -2.44. The van der Waals surface area contributed by atoms with Crippen molar-refractivity contribution >= 4 is 45.6 Å². The van der Waals surface area contributed by atoms with Gasteiger partial charge in [-0.2, -0.15) is 26.3 Å². The molecule has 0 saturated carbocycles. The second-order valence-electron chi connectivity index (χ2n) is 6.45. The van der Waals surface area contributed by atoms with Gasteiger partial charge in [0, 0.05) is 23.1 Å². The number of hydrogen-bond acceptors (Lipinski definition) is 4. The molecule has 0 bridgehead atoms. The van der Waals surface area contributed by atoms with E-state index < -0.39 is 47.2 Å². The number of amides is 1. The van der Waals surface area contributed by atoms with Crippen LogP contribution in [0.5, 0.6) is 0 Å². The summed E-state index contributed by atoms with van der Waals surface area (Å²) in [5, 5.41) is -0.372. The fourth-order valence-corrected chi connectivity index (χ4v) is 4.73. The number of primary amides is 1. The van der Waals surface area contributed by atoms with Crippen LogP contribution in [0.2, 0.25) is 10.0 Å². The molecule has 1 amide bonds. The monoisotopic (exact) mass is 477 g/mol. The molecule has 2 heterocycles. The first-order valence-corrected chi connectivity index (χ1v) is 9.48. The predicted octanol–water partition coefficient (Wildman–Crippen LogP) is 5.28. The summed E-state index contributed by atoms with van der Waals surface area (Å²) in [5.74, 6) is -1.36. The number of rotatable bonds is 3. The minimum atomic E-state index is -4.97. The summed E-state index contributed by atoms with van der Waals surface area (Å²) in [6.45, 7) is -0.956. The lowest BCUT2D eigenvalue weighted by atomic mass is 9.79. The SMILES string of the molecule is NC(=O)c1sc(N2CCC(c3cc(Cl)cc(Cl)c3)(C(F)(F)F)C2)nc1C(F)(F)F. The summed E-state index contributed by atoms with van der Waals surface area (Å²) in [7, 11) is 0. The molecular formula is C16H11Cl2F6N3OS. The Balaban J connectivity index is 2.05. The number of anilines is 1. The van der Waals surface area contributed by atoms with Crippen LogP contribution in [0.4, 0.5) is 31.5 Å². The van der Waals surface area contributed by atoms with Gasteiger partial charge >= 0.3 is 12.4 Å². The molecule has 4 nitrogen and oxygen atoms in total. The van der Waals surface area contributed by atoms with Gasteiger partial charge in [-0.05, 0) is 30.2 Å². The van der Waals surface area contributed by atoms with Gasteiger partial charge in [-0.3, -0.25) is 4.79 Å². The first kappa shape index (κ1) is 22.0. The molecule has 1 saturated heterocycles. The van der Waals surface area contributed by atoms with E-state index in [0.717, 1.165) is 17.0 Å².